The third-order valence-electron chi connectivity index (χ3n) is 0.514. The number of nitrogens with zero attached hydrogens (tertiary/aromatic N) is 1. The zero-order valence-corrected chi connectivity index (χ0v) is 4.87. The van der Waals surface area contributed by atoms with Crippen LogP contribution in [0.4, 0.5) is 4.39 Å². The quantitative estimate of drug-likeness (QED) is 0.616. The van der Waals surface area contributed by atoms with Crippen molar-refractivity contribution in [2.24, 2.45) is 0 Å². The molecule has 4 heteroatoms. The van der Waals surface area contributed by atoms with Gasteiger partial charge >= 0.3 is 0 Å². The van der Waals surface area contributed by atoms with Crippen LogP contribution in [0.2, 0.25) is 0 Å². The lowest BCUT2D eigenvalue weighted by Gasteiger charge is -1.68. The number of nitrogens with one attached hydrogen (secondary N) is 1. The van der Waals surface area contributed by atoms with Crippen LogP contribution in [0, 0.1) is 6.08 Å². The molecule has 1 heterocycles. The van der Waals surface area contributed by atoms with Crippen LogP contribution < -0.4 is 0 Å². The Kier molecular flexibility index (Phi) is 1.10. The minimum atomic E-state index is -0.563. The van der Waals surface area contributed by atoms with Crippen molar-refractivity contribution >= 4 is 15.9 Å². The predicted molar refractivity (Wildman–Crippen MR) is 26.2 cm³/mol. The first kappa shape index (κ1) is 4.77. The van der Waals surface area contributed by atoms with Gasteiger partial charge in [-0.15, -0.1) is 0 Å². The first-order valence-corrected chi connectivity index (χ1v) is 2.44. The molecule has 0 aliphatic heterocycles. The van der Waals surface area contributed by atoms with Gasteiger partial charge < -0.3 is 4.98 Å². The third-order valence-corrected chi connectivity index (χ3v) is 0.917. The maximum absolute atomic E-state index is 11.7. The molecule has 0 aliphatic rings. The SMILES string of the molecule is Fc1ncc(Br)[nH]1. The first-order chi connectivity index (χ1) is 3.29. The maximum Gasteiger partial charge on any atom is 0.287 e. The second kappa shape index (κ2) is 1.61. The van der Waals surface area contributed by atoms with E-state index < -0.39 is 6.08 Å². The van der Waals surface area contributed by atoms with E-state index in [2.05, 4.69) is 25.9 Å². The van der Waals surface area contributed by atoms with Crippen molar-refractivity contribution in [3.05, 3.63) is 16.9 Å². The van der Waals surface area contributed by atoms with E-state index in [4.69, 9.17) is 0 Å². The van der Waals surface area contributed by atoms with Crippen LogP contribution >= 0.6 is 15.9 Å². The summed E-state index contributed by atoms with van der Waals surface area (Å²) in [6.45, 7) is 0. The van der Waals surface area contributed by atoms with Crippen molar-refractivity contribution in [1.29, 1.82) is 0 Å². The van der Waals surface area contributed by atoms with Gasteiger partial charge in [0.2, 0.25) is 0 Å². The van der Waals surface area contributed by atoms with Gasteiger partial charge in [0, 0.05) is 0 Å². The van der Waals surface area contributed by atoms with E-state index in [1.54, 1.807) is 0 Å². The monoisotopic (exact) mass is 164 g/mol. The molecule has 2 nitrogen and oxygen atoms in total. The molecule has 38 valence electrons. The fraction of sp³-hybridized carbons (Fsp3) is 0. The Hall–Kier alpha value is -0.380. The molecule has 7 heavy (non-hydrogen) atoms. The molecular formula is C3H2BrFN2. The summed E-state index contributed by atoms with van der Waals surface area (Å²) >= 11 is 2.97. The molecule has 0 fully saturated rings. The Labute approximate surface area is 47.9 Å². The van der Waals surface area contributed by atoms with Gasteiger partial charge in [0.1, 0.15) is 4.60 Å². The van der Waals surface area contributed by atoms with Crippen LogP contribution in [-0.2, 0) is 0 Å². The highest BCUT2D eigenvalue weighted by molar-refractivity contribution is 9.10. The molecule has 1 rings (SSSR count). The largest absolute Gasteiger partial charge is 0.309 e. The van der Waals surface area contributed by atoms with Gasteiger partial charge in [0.25, 0.3) is 6.08 Å². The van der Waals surface area contributed by atoms with Gasteiger partial charge in [0.05, 0.1) is 6.20 Å². The summed E-state index contributed by atoms with van der Waals surface area (Å²) in [4.78, 5) is 5.52. The average Bonchev–Trinajstić information content (AvgIpc) is 1.87. The number of hydrogen-bond acceptors (Lipinski definition) is 1. The van der Waals surface area contributed by atoms with Crippen molar-refractivity contribution in [3.63, 3.8) is 0 Å². The second-order valence-electron chi connectivity index (χ2n) is 1.02. The van der Waals surface area contributed by atoms with E-state index in [0.717, 1.165) is 0 Å². The molecule has 1 aromatic heterocycles. The van der Waals surface area contributed by atoms with Crippen LogP contribution in [0.5, 0.6) is 0 Å². The summed E-state index contributed by atoms with van der Waals surface area (Å²) in [6, 6.07) is 0. The summed E-state index contributed by atoms with van der Waals surface area (Å²) in [5.74, 6) is 0. The molecule has 0 aliphatic carbocycles. The third kappa shape index (κ3) is 0.991. The van der Waals surface area contributed by atoms with E-state index in [9.17, 15) is 4.39 Å². The number of H-pyrrole nitrogens is 1. The second-order valence-corrected chi connectivity index (χ2v) is 1.88. The zero-order chi connectivity index (χ0) is 5.28. The summed E-state index contributed by atoms with van der Waals surface area (Å²) in [5, 5.41) is 0. The highest BCUT2D eigenvalue weighted by atomic mass is 79.9. The average molecular weight is 165 g/mol. The van der Waals surface area contributed by atoms with Gasteiger partial charge in [-0.3, -0.25) is 0 Å². The number of hydrogen-bond donors (Lipinski definition) is 1. The van der Waals surface area contributed by atoms with Crippen LogP contribution in [0.25, 0.3) is 0 Å². The van der Waals surface area contributed by atoms with Gasteiger partial charge in [-0.2, -0.15) is 4.39 Å². The Morgan fingerprint density at radius 2 is 2.57 bits per heavy atom. The highest BCUT2D eigenvalue weighted by Crippen LogP contribution is 2.02. The number of aromatic nitrogens is 2. The standard InChI is InChI=1S/C3H2BrFN2/c4-2-1-6-3(5)7-2/h1H,(H,6,7). The van der Waals surface area contributed by atoms with E-state index >= 15 is 0 Å². The van der Waals surface area contributed by atoms with Crippen LogP contribution in [0.1, 0.15) is 0 Å². The Balaban J connectivity index is 3.04. The maximum atomic E-state index is 11.7. The minimum Gasteiger partial charge on any atom is -0.309 e. The van der Waals surface area contributed by atoms with Gasteiger partial charge in [0.15, 0.2) is 0 Å². The zero-order valence-electron chi connectivity index (χ0n) is 3.28. The molecule has 0 amide bonds. The topological polar surface area (TPSA) is 28.7 Å². The fourth-order valence-corrected chi connectivity index (χ4v) is 0.542. The Morgan fingerprint density at radius 1 is 1.86 bits per heavy atom. The Morgan fingerprint density at radius 3 is 2.71 bits per heavy atom. The summed E-state index contributed by atoms with van der Waals surface area (Å²) in [6.07, 6.45) is 0.793. The van der Waals surface area contributed by atoms with Gasteiger partial charge in [-0.25, -0.2) is 4.98 Å². The number of imidazole rings is 1. The number of halogens is 2. The van der Waals surface area contributed by atoms with E-state index in [1.165, 1.54) is 6.20 Å². The smallest absolute Gasteiger partial charge is 0.287 e. The van der Waals surface area contributed by atoms with Crippen molar-refractivity contribution in [1.82, 2.24) is 9.97 Å². The molecular weight excluding hydrogens is 163 g/mol. The van der Waals surface area contributed by atoms with Crippen molar-refractivity contribution in [3.8, 4) is 0 Å². The van der Waals surface area contributed by atoms with E-state index in [-0.39, 0.29) is 0 Å². The van der Waals surface area contributed by atoms with Crippen LogP contribution in [-0.4, -0.2) is 9.97 Å². The Bertz CT molecular complexity index is 145. The normalized spacial score (nSPS) is 9.43. The summed E-state index contributed by atoms with van der Waals surface area (Å²) in [7, 11) is 0. The summed E-state index contributed by atoms with van der Waals surface area (Å²) < 4.78 is 12.3. The van der Waals surface area contributed by atoms with Crippen molar-refractivity contribution < 1.29 is 4.39 Å². The molecule has 0 bridgehead atoms. The lowest BCUT2D eigenvalue weighted by atomic mass is 11.0. The van der Waals surface area contributed by atoms with Crippen molar-refractivity contribution in [2.45, 2.75) is 0 Å². The number of rotatable bonds is 0. The van der Waals surface area contributed by atoms with Crippen molar-refractivity contribution in [2.75, 3.05) is 0 Å². The first-order valence-electron chi connectivity index (χ1n) is 1.65. The molecule has 0 saturated carbocycles. The number of aromatic amines is 1. The molecule has 0 saturated heterocycles. The molecule has 1 N–H and O–H groups in total. The van der Waals surface area contributed by atoms with E-state index in [0.29, 0.717) is 4.60 Å². The molecule has 0 aromatic carbocycles. The molecule has 0 radical (unpaired) electrons. The minimum absolute atomic E-state index is 0.560. The summed E-state index contributed by atoms with van der Waals surface area (Å²) in [5.41, 5.74) is 0. The molecule has 0 unspecified atom stereocenters. The van der Waals surface area contributed by atoms with E-state index in [1.807, 2.05) is 0 Å². The van der Waals surface area contributed by atoms with Crippen LogP contribution in [0.3, 0.4) is 0 Å². The molecule has 0 spiro atoms. The lowest BCUT2D eigenvalue weighted by molar-refractivity contribution is 0.551. The van der Waals surface area contributed by atoms with Gasteiger partial charge in [-0.1, -0.05) is 0 Å². The highest BCUT2D eigenvalue weighted by Gasteiger charge is 1.89. The molecule has 0 atom stereocenters. The van der Waals surface area contributed by atoms with Crippen LogP contribution in [0.15, 0.2) is 10.8 Å². The lowest BCUT2D eigenvalue weighted by Crippen LogP contribution is -1.69. The van der Waals surface area contributed by atoms with Gasteiger partial charge in [-0.05, 0) is 15.9 Å². The fourth-order valence-electron chi connectivity index (χ4n) is 0.276. The molecule has 1 aromatic rings. The predicted octanol–water partition coefficient (Wildman–Crippen LogP) is 1.31.